The highest BCUT2D eigenvalue weighted by Gasteiger charge is 2.16. The molecular weight excluding hydrogens is 195 g/mol. The Labute approximate surface area is 83.3 Å². The van der Waals surface area contributed by atoms with Gasteiger partial charge in [-0.15, -0.1) is 0 Å². The predicted octanol–water partition coefficient (Wildman–Crippen LogP) is 1.73. The first-order chi connectivity index (χ1) is 5.72. The van der Waals surface area contributed by atoms with Crippen LogP contribution in [-0.2, 0) is 0 Å². The summed E-state index contributed by atoms with van der Waals surface area (Å²) < 4.78 is 0. The molecule has 0 aliphatic carbocycles. The molecule has 4 heteroatoms. The minimum Gasteiger partial charge on any atom is -0.327 e. The largest absolute Gasteiger partial charge is 0.327 e. The maximum atomic E-state index is 5.81. The summed E-state index contributed by atoms with van der Waals surface area (Å²) in [7, 11) is 0. The smallest absolute Gasteiger partial charge is 0.0434 e. The second-order valence-corrected chi connectivity index (χ2v) is 3.90. The first-order valence-electron chi connectivity index (χ1n) is 4.15. The molecule has 70 valence electrons. The van der Waals surface area contributed by atoms with Gasteiger partial charge in [-0.25, -0.2) is 0 Å². The molecule has 0 aromatic carbocycles. The summed E-state index contributed by atoms with van der Waals surface area (Å²) in [4.78, 5) is 2.23. The third-order valence-corrected chi connectivity index (χ3v) is 2.64. The number of piperidine rings is 1. The van der Waals surface area contributed by atoms with Crippen LogP contribution in [0.3, 0.4) is 0 Å². The Bertz CT molecular complexity index is 170. The third-order valence-electron chi connectivity index (χ3n) is 2.04. The van der Waals surface area contributed by atoms with Crippen LogP contribution in [0.25, 0.3) is 0 Å². The topological polar surface area (TPSA) is 29.3 Å². The molecule has 1 fully saturated rings. The molecule has 2 nitrogen and oxygen atoms in total. The highest BCUT2D eigenvalue weighted by atomic mass is 35.5. The fourth-order valence-corrected chi connectivity index (χ4v) is 1.72. The quantitative estimate of drug-likeness (QED) is 0.750. The van der Waals surface area contributed by atoms with Gasteiger partial charge in [-0.3, -0.25) is 4.90 Å². The number of halogens is 2. The van der Waals surface area contributed by atoms with Crippen molar-refractivity contribution in [3.63, 3.8) is 0 Å². The molecule has 0 aromatic rings. The molecule has 0 radical (unpaired) electrons. The summed E-state index contributed by atoms with van der Waals surface area (Å²) in [6, 6.07) is 0.304. The summed E-state index contributed by atoms with van der Waals surface area (Å²) in [6.45, 7) is 2.74. The minimum absolute atomic E-state index is 0.304. The summed E-state index contributed by atoms with van der Waals surface area (Å²) in [6.07, 6.45) is 2.28. The van der Waals surface area contributed by atoms with Gasteiger partial charge in [0.05, 0.1) is 0 Å². The zero-order valence-electron chi connectivity index (χ0n) is 6.97. The lowest BCUT2D eigenvalue weighted by molar-refractivity contribution is 0.228. The fraction of sp³-hybridized carbons (Fsp3) is 0.750. The predicted molar refractivity (Wildman–Crippen MR) is 53.4 cm³/mol. The van der Waals surface area contributed by atoms with Crippen LogP contribution < -0.4 is 5.73 Å². The van der Waals surface area contributed by atoms with Gasteiger partial charge in [-0.05, 0) is 19.4 Å². The standard InChI is InChI=1S/C8H14Cl2N2/c9-4-7(10)5-12-3-1-2-8(11)6-12/h4,8H,1-3,5-6,11H2. The Morgan fingerprint density at radius 1 is 1.67 bits per heavy atom. The molecule has 0 spiro atoms. The average Bonchev–Trinajstić information content (AvgIpc) is 2.04. The Balaban J connectivity index is 2.32. The minimum atomic E-state index is 0.304. The van der Waals surface area contributed by atoms with E-state index in [1.54, 1.807) is 0 Å². The van der Waals surface area contributed by atoms with Crippen molar-refractivity contribution in [1.82, 2.24) is 4.90 Å². The normalized spacial score (nSPS) is 27.6. The second kappa shape index (κ2) is 5.07. The van der Waals surface area contributed by atoms with Gasteiger partial charge < -0.3 is 5.73 Å². The summed E-state index contributed by atoms with van der Waals surface area (Å²) in [5.41, 5.74) is 7.22. The maximum absolute atomic E-state index is 5.81. The zero-order valence-corrected chi connectivity index (χ0v) is 8.48. The molecule has 0 bridgehead atoms. The van der Waals surface area contributed by atoms with Gasteiger partial charge in [-0.2, -0.15) is 0 Å². The summed E-state index contributed by atoms with van der Waals surface area (Å²) in [5, 5.41) is 0.686. The van der Waals surface area contributed by atoms with E-state index in [9.17, 15) is 0 Å². The Hall–Kier alpha value is 0.240. The van der Waals surface area contributed by atoms with Crippen molar-refractivity contribution in [2.45, 2.75) is 18.9 Å². The van der Waals surface area contributed by atoms with Gasteiger partial charge in [0, 0.05) is 29.7 Å². The van der Waals surface area contributed by atoms with Crippen LogP contribution in [0.1, 0.15) is 12.8 Å². The van der Waals surface area contributed by atoms with E-state index in [1.165, 1.54) is 5.54 Å². The number of hydrogen-bond acceptors (Lipinski definition) is 2. The Morgan fingerprint density at radius 3 is 3.00 bits per heavy atom. The van der Waals surface area contributed by atoms with Crippen LogP contribution in [0.2, 0.25) is 0 Å². The van der Waals surface area contributed by atoms with Crippen LogP contribution in [0.5, 0.6) is 0 Å². The molecule has 1 heterocycles. The highest BCUT2D eigenvalue weighted by Crippen LogP contribution is 2.12. The first-order valence-corrected chi connectivity index (χ1v) is 4.96. The van der Waals surface area contributed by atoms with Crippen molar-refractivity contribution in [2.24, 2.45) is 5.73 Å². The average molecular weight is 209 g/mol. The van der Waals surface area contributed by atoms with E-state index < -0.39 is 0 Å². The lowest BCUT2D eigenvalue weighted by Crippen LogP contribution is -2.43. The van der Waals surface area contributed by atoms with E-state index in [4.69, 9.17) is 28.9 Å². The van der Waals surface area contributed by atoms with E-state index in [1.807, 2.05) is 0 Å². The molecule has 0 aromatic heterocycles. The van der Waals surface area contributed by atoms with E-state index in [2.05, 4.69) is 4.90 Å². The van der Waals surface area contributed by atoms with Crippen LogP contribution in [0, 0.1) is 0 Å². The van der Waals surface area contributed by atoms with Gasteiger partial charge >= 0.3 is 0 Å². The summed E-state index contributed by atoms with van der Waals surface area (Å²) in [5.74, 6) is 0. The molecular formula is C8H14Cl2N2. The lowest BCUT2D eigenvalue weighted by atomic mass is 10.1. The van der Waals surface area contributed by atoms with Crippen molar-refractivity contribution >= 4 is 23.2 Å². The van der Waals surface area contributed by atoms with E-state index in [0.717, 1.165) is 32.5 Å². The van der Waals surface area contributed by atoms with Gasteiger partial charge in [0.1, 0.15) is 0 Å². The van der Waals surface area contributed by atoms with Crippen LogP contribution in [0.4, 0.5) is 0 Å². The molecule has 12 heavy (non-hydrogen) atoms. The first kappa shape index (κ1) is 10.3. The SMILES string of the molecule is NC1CCCN(CC(Cl)=CCl)C1. The summed E-state index contributed by atoms with van der Waals surface area (Å²) >= 11 is 11.2. The Kier molecular flexibility index (Phi) is 4.36. The number of likely N-dealkylation sites (tertiary alicyclic amines) is 1. The van der Waals surface area contributed by atoms with E-state index in [-0.39, 0.29) is 0 Å². The molecule has 1 unspecified atom stereocenters. The molecule has 1 rings (SSSR count). The van der Waals surface area contributed by atoms with Crippen LogP contribution in [0.15, 0.2) is 10.6 Å². The zero-order chi connectivity index (χ0) is 8.97. The number of rotatable bonds is 2. The van der Waals surface area contributed by atoms with Gasteiger partial charge in [-0.1, -0.05) is 23.2 Å². The van der Waals surface area contributed by atoms with E-state index in [0.29, 0.717) is 11.1 Å². The number of nitrogens with two attached hydrogens (primary N) is 1. The number of hydrogen-bond donors (Lipinski definition) is 1. The van der Waals surface area contributed by atoms with Crippen molar-refractivity contribution < 1.29 is 0 Å². The van der Waals surface area contributed by atoms with Crippen LogP contribution in [-0.4, -0.2) is 30.6 Å². The highest BCUT2D eigenvalue weighted by molar-refractivity contribution is 6.36. The van der Waals surface area contributed by atoms with Gasteiger partial charge in [0.15, 0.2) is 0 Å². The number of nitrogens with zero attached hydrogens (tertiary/aromatic N) is 1. The van der Waals surface area contributed by atoms with Crippen LogP contribution >= 0.6 is 23.2 Å². The molecule has 0 amide bonds. The monoisotopic (exact) mass is 208 g/mol. The van der Waals surface area contributed by atoms with Crippen molar-refractivity contribution in [1.29, 1.82) is 0 Å². The second-order valence-electron chi connectivity index (χ2n) is 3.19. The third kappa shape index (κ3) is 3.31. The van der Waals surface area contributed by atoms with Gasteiger partial charge in [0.25, 0.3) is 0 Å². The molecule has 1 aliphatic heterocycles. The van der Waals surface area contributed by atoms with E-state index >= 15 is 0 Å². The molecule has 1 atom stereocenters. The molecule has 0 saturated carbocycles. The molecule has 1 saturated heterocycles. The lowest BCUT2D eigenvalue weighted by Gasteiger charge is -2.30. The molecule has 1 aliphatic rings. The van der Waals surface area contributed by atoms with Crippen molar-refractivity contribution in [3.8, 4) is 0 Å². The maximum Gasteiger partial charge on any atom is 0.0434 e. The fourth-order valence-electron chi connectivity index (χ4n) is 1.48. The van der Waals surface area contributed by atoms with Crippen molar-refractivity contribution in [3.05, 3.63) is 10.6 Å². The Morgan fingerprint density at radius 2 is 2.42 bits per heavy atom. The van der Waals surface area contributed by atoms with Gasteiger partial charge in [0.2, 0.25) is 0 Å². The molecule has 2 N–H and O–H groups in total. The van der Waals surface area contributed by atoms with Crippen molar-refractivity contribution in [2.75, 3.05) is 19.6 Å².